The molecule has 1 fully saturated rings. The van der Waals surface area contributed by atoms with Crippen molar-refractivity contribution in [1.82, 2.24) is 10.2 Å². The fraction of sp³-hybridized carbons (Fsp3) is 0.600. The smallest absolute Gasteiger partial charge is 0.0424 e. The molecule has 1 saturated heterocycles. The number of benzene rings is 1. The molecule has 1 heterocycles. The molecule has 0 aromatic heterocycles. The third-order valence-corrected chi connectivity index (χ3v) is 4.39. The maximum Gasteiger partial charge on any atom is 0.0424 e. The van der Waals surface area contributed by atoms with Gasteiger partial charge >= 0.3 is 0 Å². The molecule has 1 aromatic carbocycles. The molecule has 0 spiro atoms. The first-order chi connectivity index (χ1) is 9.11. The van der Waals surface area contributed by atoms with Crippen molar-refractivity contribution in [2.75, 3.05) is 26.2 Å². The highest BCUT2D eigenvalue weighted by Crippen LogP contribution is 2.34. The number of nitrogens with one attached hydrogen (secondary N) is 1. The summed E-state index contributed by atoms with van der Waals surface area (Å²) in [6, 6.07) is 6.33. The second kappa shape index (κ2) is 10.1. The highest BCUT2D eigenvalue weighted by molar-refractivity contribution is 6.34. The van der Waals surface area contributed by atoms with Gasteiger partial charge in [-0.2, -0.15) is 0 Å². The van der Waals surface area contributed by atoms with Crippen LogP contribution in [0.2, 0.25) is 10.0 Å². The van der Waals surface area contributed by atoms with Crippen LogP contribution in [-0.4, -0.2) is 31.1 Å². The number of rotatable bonds is 4. The molecule has 0 saturated carbocycles. The van der Waals surface area contributed by atoms with E-state index in [9.17, 15) is 0 Å². The van der Waals surface area contributed by atoms with Crippen LogP contribution in [-0.2, 0) is 0 Å². The van der Waals surface area contributed by atoms with Gasteiger partial charge in [0.2, 0.25) is 0 Å². The standard InChI is InChI=1S/C15H22Cl2N2.2ClH/c1-3-11(2)15(19-6-4-18-5-7-19)12-8-13(16)10-14(17)9-12;;/h8-11,15,18H,3-7H2,1-2H3;2*1H/t11?,15-;;/m1../s1. The van der Waals surface area contributed by atoms with Crippen molar-refractivity contribution in [3.8, 4) is 0 Å². The van der Waals surface area contributed by atoms with E-state index in [1.54, 1.807) is 6.07 Å². The third kappa shape index (κ3) is 5.78. The van der Waals surface area contributed by atoms with Crippen LogP contribution in [0.4, 0.5) is 0 Å². The van der Waals surface area contributed by atoms with Gasteiger partial charge in [-0.1, -0.05) is 43.5 Å². The van der Waals surface area contributed by atoms with Crippen molar-refractivity contribution in [1.29, 1.82) is 0 Å². The zero-order valence-electron chi connectivity index (χ0n) is 12.4. The van der Waals surface area contributed by atoms with Gasteiger partial charge in [-0.3, -0.25) is 4.90 Å². The summed E-state index contributed by atoms with van der Waals surface area (Å²) in [5, 5.41) is 4.86. The van der Waals surface area contributed by atoms with Crippen molar-refractivity contribution in [3.63, 3.8) is 0 Å². The van der Waals surface area contributed by atoms with E-state index >= 15 is 0 Å². The molecular formula is C15H24Cl4N2. The van der Waals surface area contributed by atoms with Crippen LogP contribution in [0, 0.1) is 5.92 Å². The topological polar surface area (TPSA) is 15.3 Å². The predicted octanol–water partition coefficient (Wildman–Crippen LogP) is 4.83. The first kappa shape index (κ1) is 21.3. The Morgan fingerprint density at radius 1 is 1.10 bits per heavy atom. The summed E-state index contributed by atoms with van der Waals surface area (Å²) in [5.74, 6) is 0.590. The molecule has 2 atom stereocenters. The van der Waals surface area contributed by atoms with Crippen LogP contribution >= 0.6 is 48.0 Å². The lowest BCUT2D eigenvalue weighted by molar-refractivity contribution is 0.128. The van der Waals surface area contributed by atoms with E-state index in [0.717, 1.165) is 42.6 Å². The lowest BCUT2D eigenvalue weighted by Gasteiger charge is -2.38. The van der Waals surface area contributed by atoms with Gasteiger partial charge in [-0.15, -0.1) is 24.8 Å². The highest BCUT2D eigenvalue weighted by atomic mass is 35.5. The monoisotopic (exact) mass is 372 g/mol. The maximum absolute atomic E-state index is 6.17. The number of halogens is 4. The molecule has 1 aliphatic heterocycles. The largest absolute Gasteiger partial charge is 0.314 e. The summed E-state index contributed by atoms with van der Waals surface area (Å²) in [5.41, 5.74) is 1.24. The van der Waals surface area contributed by atoms with Crippen molar-refractivity contribution in [3.05, 3.63) is 33.8 Å². The normalized spacial score (nSPS) is 18.3. The molecule has 0 amide bonds. The van der Waals surface area contributed by atoms with Crippen LogP contribution in [0.15, 0.2) is 18.2 Å². The van der Waals surface area contributed by atoms with Gasteiger partial charge in [0.25, 0.3) is 0 Å². The Labute approximate surface area is 150 Å². The van der Waals surface area contributed by atoms with Gasteiger partial charge in [0.1, 0.15) is 0 Å². The lowest BCUT2D eigenvalue weighted by Crippen LogP contribution is -2.46. The predicted molar refractivity (Wildman–Crippen MR) is 97.6 cm³/mol. The average molecular weight is 374 g/mol. The van der Waals surface area contributed by atoms with Crippen molar-refractivity contribution in [2.24, 2.45) is 5.92 Å². The van der Waals surface area contributed by atoms with Gasteiger partial charge in [0.05, 0.1) is 0 Å². The van der Waals surface area contributed by atoms with E-state index in [0.29, 0.717) is 12.0 Å². The zero-order chi connectivity index (χ0) is 13.8. The Morgan fingerprint density at radius 3 is 2.10 bits per heavy atom. The molecule has 2 rings (SSSR count). The van der Waals surface area contributed by atoms with Crippen molar-refractivity contribution >= 4 is 48.0 Å². The summed E-state index contributed by atoms with van der Waals surface area (Å²) < 4.78 is 0. The first-order valence-corrected chi connectivity index (χ1v) is 7.78. The van der Waals surface area contributed by atoms with E-state index < -0.39 is 0 Å². The van der Waals surface area contributed by atoms with E-state index in [1.807, 2.05) is 0 Å². The average Bonchev–Trinajstić information content (AvgIpc) is 2.39. The first-order valence-electron chi connectivity index (χ1n) is 7.02. The molecule has 1 unspecified atom stereocenters. The molecular weight excluding hydrogens is 350 g/mol. The fourth-order valence-corrected chi connectivity index (χ4v) is 3.37. The maximum atomic E-state index is 6.17. The molecule has 21 heavy (non-hydrogen) atoms. The fourth-order valence-electron chi connectivity index (χ4n) is 2.83. The Morgan fingerprint density at radius 2 is 1.62 bits per heavy atom. The molecule has 6 heteroatoms. The quantitative estimate of drug-likeness (QED) is 0.812. The van der Waals surface area contributed by atoms with Gasteiger partial charge in [-0.25, -0.2) is 0 Å². The molecule has 0 bridgehead atoms. The van der Waals surface area contributed by atoms with E-state index in [1.165, 1.54) is 5.56 Å². The molecule has 122 valence electrons. The number of piperazine rings is 1. The summed E-state index contributed by atoms with van der Waals surface area (Å²) in [6.07, 6.45) is 1.15. The second-order valence-electron chi connectivity index (χ2n) is 5.32. The minimum atomic E-state index is 0. The SMILES string of the molecule is CCC(C)[C@H](c1cc(Cl)cc(Cl)c1)N1CCNCC1.Cl.Cl. The van der Waals surface area contributed by atoms with Crippen LogP contribution in [0.25, 0.3) is 0 Å². The van der Waals surface area contributed by atoms with Gasteiger partial charge in [0, 0.05) is 42.3 Å². The van der Waals surface area contributed by atoms with Gasteiger partial charge < -0.3 is 5.32 Å². The van der Waals surface area contributed by atoms with Crippen LogP contribution in [0.3, 0.4) is 0 Å². The van der Waals surface area contributed by atoms with Crippen LogP contribution in [0.1, 0.15) is 31.9 Å². The lowest BCUT2D eigenvalue weighted by atomic mass is 9.90. The highest BCUT2D eigenvalue weighted by Gasteiger charge is 2.26. The molecule has 0 aliphatic carbocycles. The van der Waals surface area contributed by atoms with Gasteiger partial charge in [-0.05, 0) is 29.7 Å². The second-order valence-corrected chi connectivity index (χ2v) is 6.19. The van der Waals surface area contributed by atoms with Crippen molar-refractivity contribution in [2.45, 2.75) is 26.3 Å². The number of nitrogens with zero attached hydrogens (tertiary/aromatic N) is 1. The Balaban J connectivity index is 0.00000200. The summed E-state index contributed by atoms with van der Waals surface area (Å²) in [6.45, 7) is 8.83. The molecule has 1 aliphatic rings. The molecule has 1 aromatic rings. The summed E-state index contributed by atoms with van der Waals surface area (Å²) in [7, 11) is 0. The molecule has 1 N–H and O–H groups in total. The van der Waals surface area contributed by atoms with E-state index in [-0.39, 0.29) is 24.8 Å². The van der Waals surface area contributed by atoms with Crippen LogP contribution in [0.5, 0.6) is 0 Å². The zero-order valence-corrected chi connectivity index (χ0v) is 15.6. The van der Waals surface area contributed by atoms with Crippen molar-refractivity contribution < 1.29 is 0 Å². The number of hydrogen-bond acceptors (Lipinski definition) is 2. The Hall–Kier alpha value is 0.300. The van der Waals surface area contributed by atoms with E-state index in [4.69, 9.17) is 23.2 Å². The molecule has 2 nitrogen and oxygen atoms in total. The minimum Gasteiger partial charge on any atom is -0.314 e. The number of hydrogen-bond donors (Lipinski definition) is 1. The third-order valence-electron chi connectivity index (χ3n) is 3.95. The Kier molecular flexibility index (Phi) is 10.3. The Bertz CT molecular complexity index is 402. The van der Waals surface area contributed by atoms with Gasteiger partial charge in [0.15, 0.2) is 0 Å². The molecule has 0 radical (unpaired) electrons. The van der Waals surface area contributed by atoms with Crippen LogP contribution < -0.4 is 5.32 Å². The summed E-state index contributed by atoms with van der Waals surface area (Å²) >= 11 is 12.3. The summed E-state index contributed by atoms with van der Waals surface area (Å²) in [4.78, 5) is 2.55. The minimum absolute atomic E-state index is 0. The van der Waals surface area contributed by atoms with E-state index in [2.05, 4.69) is 36.2 Å².